The number of alkyl halides is 2. The number of rotatable bonds is 4. The van der Waals surface area contributed by atoms with Gasteiger partial charge in [0.25, 0.3) is 5.91 Å². The number of fused-ring (bicyclic) bond motifs is 1. The van der Waals surface area contributed by atoms with Crippen molar-refractivity contribution >= 4 is 39.7 Å². The molecule has 2 aliphatic rings. The summed E-state index contributed by atoms with van der Waals surface area (Å²) < 4.78 is 35.8. The lowest BCUT2D eigenvalue weighted by Crippen LogP contribution is -2.41. The zero-order valence-corrected chi connectivity index (χ0v) is 17.7. The van der Waals surface area contributed by atoms with E-state index in [0.29, 0.717) is 53.3 Å². The minimum atomic E-state index is -3.52. The summed E-state index contributed by atoms with van der Waals surface area (Å²) in [5.41, 5.74) is 4.02. The number of benzene rings is 2. The Bertz CT molecular complexity index is 1150. The summed E-state index contributed by atoms with van der Waals surface area (Å²) in [5.74, 6) is -0.803. The molecular formula is C21H17ClF2N4O2S. The van der Waals surface area contributed by atoms with Gasteiger partial charge in [0.1, 0.15) is 0 Å². The van der Waals surface area contributed by atoms with Crippen molar-refractivity contribution in [2.24, 2.45) is 0 Å². The molecule has 1 amide bonds. The van der Waals surface area contributed by atoms with Crippen LogP contribution in [0.4, 0.5) is 19.6 Å². The highest BCUT2D eigenvalue weighted by molar-refractivity contribution is 7.14. The van der Waals surface area contributed by atoms with Gasteiger partial charge in [0.2, 0.25) is 5.13 Å². The molecule has 2 aromatic carbocycles. The van der Waals surface area contributed by atoms with Gasteiger partial charge in [-0.1, -0.05) is 29.8 Å². The van der Waals surface area contributed by atoms with E-state index in [2.05, 4.69) is 10.4 Å². The number of amides is 1. The Balaban J connectivity index is 1.41. The van der Waals surface area contributed by atoms with Crippen LogP contribution >= 0.6 is 22.9 Å². The normalized spacial score (nSPS) is 17.7. The van der Waals surface area contributed by atoms with Crippen LogP contribution in [0.15, 0.2) is 47.8 Å². The fraction of sp³-hybridized carbons (Fsp3) is 0.238. The number of nitrogens with one attached hydrogen (secondary N) is 1. The number of halogens is 3. The van der Waals surface area contributed by atoms with Crippen molar-refractivity contribution in [3.8, 4) is 11.3 Å². The number of ether oxygens (including phenoxy) is 1. The van der Waals surface area contributed by atoms with Gasteiger partial charge < -0.3 is 9.64 Å². The van der Waals surface area contributed by atoms with E-state index in [0.717, 1.165) is 11.3 Å². The molecule has 6 nitrogen and oxygen atoms in total. The van der Waals surface area contributed by atoms with Crippen LogP contribution in [0.5, 0.6) is 0 Å². The van der Waals surface area contributed by atoms with Gasteiger partial charge in [0, 0.05) is 34.7 Å². The number of carbonyl (C=O) groups excluding carboxylic acids is 1. The average Bonchev–Trinajstić information content (AvgIpc) is 3.32. The highest BCUT2D eigenvalue weighted by atomic mass is 35.5. The topological polar surface area (TPSA) is 57.7 Å². The fourth-order valence-corrected chi connectivity index (χ4v) is 4.62. The molecule has 31 heavy (non-hydrogen) atoms. The maximum absolute atomic E-state index is 15.2. The number of nitrogens with zero attached hydrogens (tertiary/aromatic N) is 3. The zero-order valence-electron chi connectivity index (χ0n) is 16.1. The second kappa shape index (κ2) is 7.74. The van der Waals surface area contributed by atoms with Crippen LogP contribution in [0, 0.1) is 0 Å². The van der Waals surface area contributed by atoms with Crippen molar-refractivity contribution < 1.29 is 18.3 Å². The van der Waals surface area contributed by atoms with Crippen LogP contribution in [0.1, 0.15) is 15.9 Å². The Hall–Kier alpha value is -2.75. The SMILES string of the molecule is O=C1c2ccc(N3CCOCC3)cc2C(F)(F)N1Nc1nc(-c2ccccc2Cl)cs1. The third kappa shape index (κ3) is 3.52. The van der Waals surface area contributed by atoms with Crippen molar-refractivity contribution in [2.45, 2.75) is 6.05 Å². The fourth-order valence-electron chi connectivity index (χ4n) is 3.69. The summed E-state index contributed by atoms with van der Waals surface area (Å²) in [6.07, 6.45) is 0. The first kappa shape index (κ1) is 20.2. The first-order valence-corrected chi connectivity index (χ1v) is 10.9. The molecule has 1 saturated heterocycles. The van der Waals surface area contributed by atoms with Crippen LogP contribution in [0.3, 0.4) is 0 Å². The molecule has 1 aromatic heterocycles. The maximum Gasteiger partial charge on any atom is 0.372 e. The molecule has 0 bridgehead atoms. The summed E-state index contributed by atoms with van der Waals surface area (Å²) in [6, 6.07) is 8.14. The molecule has 3 aromatic rings. The quantitative estimate of drug-likeness (QED) is 0.563. The molecule has 1 N–H and O–H groups in total. The van der Waals surface area contributed by atoms with E-state index < -0.39 is 12.0 Å². The molecule has 0 aliphatic carbocycles. The number of hydrogen-bond acceptors (Lipinski definition) is 6. The van der Waals surface area contributed by atoms with E-state index >= 15 is 8.78 Å². The second-order valence-corrected chi connectivity index (χ2v) is 8.41. The van der Waals surface area contributed by atoms with Crippen LogP contribution in [0.25, 0.3) is 11.3 Å². The first-order chi connectivity index (χ1) is 14.9. The van der Waals surface area contributed by atoms with E-state index in [1.54, 1.807) is 29.6 Å². The Labute approximate surface area is 186 Å². The van der Waals surface area contributed by atoms with Gasteiger partial charge in [0.05, 0.1) is 30.0 Å². The molecule has 5 rings (SSSR count). The first-order valence-electron chi connectivity index (χ1n) is 9.62. The zero-order chi connectivity index (χ0) is 21.6. The summed E-state index contributed by atoms with van der Waals surface area (Å²) in [5, 5.41) is 2.72. The van der Waals surface area contributed by atoms with Gasteiger partial charge in [-0.2, -0.15) is 13.8 Å². The summed E-state index contributed by atoms with van der Waals surface area (Å²) in [4.78, 5) is 19.0. The maximum atomic E-state index is 15.2. The monoisotopic (exact) mass is 462 g/mol. The molecule has 0 atom stereocenters. The molecule has 0 radical (unpaired) electrons. The smallest absolute Gasteiger partial charge is 0.372 e. The third-order valence-corrected chi connectivity index (χ3v) is 6.36. The Kier molecular flexibility index (Phi) is 5.04. The molecular weight excluding hydrogens is 446 g/mol. The number of anilines is 2. The van der Waals surface area contributed by atoms with E-state index in [-0.39, 0.29) is 16.3 Å². The minimum absolute atomic E-state index is 0.0302. The van der Waals surface area contributed by atoms with Crippen molar-refractivity contribution in [1.82, 2.24) is 9.99 Å². The van der Waals surface area contributed by atoms with Gasteiger partial charge in [-0.25, -0.2) is 4.98 Å². The molecule has 2 aliphatic heterocycles. The van der Waals surface area contributed by atoms with Crippen molar-refractivity contribution in [1.29, 1.82) is 0 Å². The molecule has 0 saturated carbocycles. The van der Waals surface area contributed by atoms with Crippen LogP contribution < -0.4 is 10.3 Å². The highest BCUT2D eigenvalue weighted by Gasteiger charge is 2.52. The second-order valence-electron chi connectivity index (χ2n) is 7.14. The van der Waals surface area contributed by atoms with Crippen LogP contribution in [-0.2, 0) is 10.8 Å². The van der Waals surface area contributed by atoms with Gasteiger partial charge in [-0.05, 0) is 24.3 Å². The predicted octanol–water partition coefficient (Wildman–Crippen LogP) is 4.83. The molecule has 3 heterocycles. The number of hydrazine groups is 1. The molecule has 1 fully saturated rings. The van der Waals surface area contributed by atoms with Crippen LogP contribution in [0.2, 0.25) is 5.02 Å². The predicted molar refractivity (Wildman–Crippen MR) is 116 cm³/mol. The van der Waals surface area contributed by atoms with Gasteiger partial charge in [-0.15, -0.1) is 11.3 Å². The lowest BCUT2D eigenvalue weighted by atomic mass is 10.1. The van der Waals surface area contributed by atoms with Gasteiger partial charge in [0.15, 0.2) is 0 Å². The van der Waals surface area contributed by atoms with Crippen molar-refractivity contribution in [2.75, 3.05) is 36.6 Å². The summed E-state index contributed by atoms with van der Waals surface area (Å²) in [6.45, 7) is 2.31. The Morgan fingerprint density at radius 1 is 1.13 bits per heavy atom. The average molecular weight is 463 g/mol. The standard InChI is InChI=1S/C21H17ClF2N4O2S/c22-17-4-2-1-3-15(17)18-12-31-20(25-18)26-28-19(29)14-6-5-13(11-16(14)21(28,23)24)27-7-9-30-10-8-27/h1-6,11-12H,7-10H2,(H,25,26). The number of thiazole rings is 1. The molecule has 0 spiro atoms. The molecule has 0 unspecified atom stereocenters. The largest absolute Gasteiger partial charge is 0.378 e. The van der Waals surface area contributed by atoms with E-state index in [4.69, 9.17) is 16.3 Å². The van der Waals surface area contributed by atoms with Crippen LogP contribution in [-0.4, -0.2) is 42.2 Å². The summed E-state index contributed by atoms with van der Waals surface area (Å²) >= 11 is 7.31. The van der Waals surface area contributed by atoms with Crippen molar-refractivity contribution in [3.05, 3.63) is 64.0 Å². The molecule has 160 valence electrons. The number of aromatic nitrogens is 1. The summed E-state index contributed by atoms with van der Waals surface area (Å²) in [7, 11) is 0. The van der Waals surface area contributed by atoms with E-state index in [9.17, 15) is 4.79 Å². The van der Waals surface area contributed by atoms with Gasteiger partial charge in [-0.3, -0.25) is 10.2 Å². The van der Waals surface area contributed by atoms with E-state index in [1.807, 2.05) is 11.0 Å². The van der Waals surface area contributed by atoms with E-state index in [1.165, 1.54) is 12.1 Å². The third-order valence-electron chi connectivity index (χ3n) is 5.28. The van der Waals surface area contributed by atoms with Gasteiger partial charge >= 0.3 is 6.05 Å². The lowest BCUT2D eigenvalue weighted by molar-refractivity contribution is -0.110. The Morgan fingerprint density at radius 3 is 2.68 bits per heavy atom. The lowest BCUT2D eigenvalue weighted by Gasteiger charge is -2.29. The minimum Gasteiger partial charge on any atom is -0.378 e. The number of morpholine rings is 1. The Morgan fingerprint density at radius 2 is 1.90 bits per heavy atom. The van der Waals surface area contributed by atoms with Crippen molar-refractivity contribution in [3.63, 3.8) is 0 Å². The number of hydrogen-bond donors (Lipinski definition) is 1. The highest BCUT2D eigenvalue weighted by Crippen LogP contribution is 2.44. The molecule has 10 heteroatoms. The number of carbonyl (C=O) groups is 1.